The first-order valence-electron chi connectivity index (χ1n) is 10.9. The van der Waals surface area contributed by atoms with Gasteiger partial charge in [0, 0.05) is 16.7 Å². The standard InChI is InChI=1S/C27H24N6O3/c28-31-25(34)22-10-4-1-7-19(22)16-13-17(20-8-2-5-11-23(20)26(35)32-29)15-18(14-16)21-9-3-6-12-24(21)27(36)33-30/h1-15H,28-30H2,(H,31,34)(H,32,35)(H,33,36). The molecule has 0 radical (unpaired) electrons. The summed E-state index contributed by atoms with van der Waals surface area (Å²) >= 11 is 0. The molecule has 4 rings (SSSR count). The lowest BCUT2D eigenvalue weighted by Crippen LogP contribution is -2.30. The van der Waals surface area contributed by atoms with Crippen LogP contribution in [0.2, 0.25) is 0 Å². The lowest BCUT2D eigenvalue weighted by atomic mass is 9.88. The molecule has 0 unspecified atom stereocenters. The Kier molecular flexibility index (Phi) is 7.17. The molecule has 0 heterocycles. The van der Waals surface area contributed by atoms with Gasteiger partial charge in [-0.3, -0.25) is 30.7 Å². The Morgan fingerprint density at radius 3 is 0.944 bits per heavy atom. The van der Waals surface area contributed by atoms with Gasteiger partial charge in [-0.2, -0.15) is 0 Å². The molecule has 0 aliphatic heterocycles. The Morgan fingerprint density at radius 1 is 0.444 bits per heavy atom. The highest BCUT2D eigenvalue weighted by molar-refractivity contribution is 6.05. The predicted octanol–water partition coefficient (Wildman–Crippen LogP) is 2.50. The average molecular weight is 481 g/mol. The average Bonchev–Trinajstić information content (AvgIpc) is 2.95. The van der Waals surface area contributed by atoms with Crippen molar-refractivity contribution < 1.29 is 14.4 Å². The van der Waals surface area contributed by atoms with E-state index in [4.69, 9.17) is 17.5 Å². The van der Waals surface area contributed by atoms with Crippen LogP contribution in [0.5, 0.6) is 0 Å². The third-order valence-corrected chi connectivity index (χ3v) is 5.77. The van der Waals surface area contributed by atoms with Crippen LogP contribution in [0.15, 0.2) is 91.0 Å². The van der Waals surface area contributed by atoms with E-state index in [0.29, 0.717) is 50.1 Å². The molecule has 180 valence electrons. The van der Waals surface area contributed by atoms with Crippen LogP contribution in [0.3, 0.4) is 0 Å². The molecule has 4 aromatic carbocycles. The maximum atomic E-state index is 12.5. The van der Waals surface area contributed by atoms with Gasteiger partial charge in [-0.1, -0.05) is 54.6 Å². The van der Waals surface area contributed by atoms with Gasteiger partial charge < -0.3 is 0 Å². The van der Waals surface area contributed by atoms with Gasteiger partial charge in [-0.15, -0.1) is 0 Å². The fraction of sp³-hybridized carbons (Fsp3) is 0. The van der Waals surface area contributed by atoms with Gasteiger partial charge in [0.05, 0.1) is 0 Å². The number of hydrazine groups is 3. The molecule has 0 atom stereocenters. The molecule has 0 bridgehead atoms. The summed E-state index contributed by atoms with van der Waals surface area (Å²) in [5.41, 5.74) is 11.5. The van der Waals surface area contributed by atoms with Crippen LogP contribution in [0.25, 0.3) is 33.4 Å². The Bertz CT molecular complexity index is 1280. The number of benzene rings is 4. The van der Waals surface area contributed by atoms with Crippen molar-refractivity contribution in [2.24, 2.45) is 17.5 Å². The summed E-state index contributed by atoms with van der Waals surface area (Å²) in [7, 11) is 0. The van der Waals surface area contributed by atoms with E-state index >= 15 is 0 Å². The first kappa shape index (κ1) is 24.3. The number of carbonyl (C=O) groups is 3. The molecular formula is C27H24N6O3. The monoisotopic (exact) mass is 480 g/mol. The lowest BCUT2D eigenvalue weighted by molar-refractivity contribution is 0.0946. The largest absolute Gasteiger partial charge is 0.290 e. The minimum absolute atomic E-state index is 0.365. The van der Waals surface area contributed by atoms with E-state index in [-0.39, 0.29) is 0 Å². The molecular weight excluding hydrogens is 456 g/mol. The van der Waals surface area contributed by atoms with E-state index in [9.17, 15) is 14.4 Å². The summed E-state index contributed by atoms with van der Waals surface area (Å²) < 4.78 is 0. The topological polar surface area (TPSA) is 165 Å². The van der Waals surface area contributed by atoms with Crippen LogP contribution in [0.4, 0.5) is 0 Å². The third-order valence-electron chi connectivity index (χ3n) is 5.77. The van der Waals surface area contributed by atoms with Gasteiger partial charge in [0.25, 0.3) is 17.7 Å². The molecule has 0 saturated carbocycles. The van der Waals surface area contributed by atoms with Crippen LogP contribution < -0.4 is 33.8 Å². The van der Waals surface area contributed by atoms with Crippen molar-refractivity contribution in [3.8, 4) is 33.4 Å². The summed E-state index contributed by atoms with van der Waals surface area (Å²) in [5, 5.41) is 0. The molecule has 9 N–H and O–H groups in total. The summed E-state index contributed by atoms with van der Waals surface area (Å²) in [6, 6.07) is 26.6. The van der Waals surface area contributed by atoms with Gasteiger partial charge in [-0.05, 0) is 69.8 Å². The van der Waals surface area contributed by atoms with Crippen molar-refractivity contribution in [2.45, 2.75) is 0 Å². The maximum Gasteiger partial charge on any atom is 0.265 e. The van der Waals surface area contributed by atoms with Crippen molar-refractivity contribution in [1.82, 2.24) is 16.3 Å². The molecule has 9 heteroatoms. The second-order valence-electron chi connectivity index (χ2n) is 7.86. The Labute approximate surface area is 207 Å². The number of nitrogens with one attached hydrogen (secondary N) is 3. The molecule has 9 nitrogen and oxygen atoms in total. The Balaban J connectivity index is 2.04. The van der Waals surface area contributed by atoms with Crippen LogP contribution in [0, 0.1) is 0 Å². The second kappa shape index (κ2) is 10.6. The molecule has 36 heavy (non-hydrogen) atoms. The minimum atomic E-state index is -0.455. The van der Waals surface area contributed by atoms with Crippen LogP contribution >= 0.6 is 0 Å². The van der Waals surface area contributed by atoms with Crippen molar-refractivity contribution in [3.05, 3.63) is 108 Å². The second-order valence-corrected chi connectivity index (χ2v) is 7.86. The van der Waals surface area contributed by atoms with Crippen LogP contribution in [-0.2, 0) is 0 Å². The molecule has 0 spiro atoms. The highest BCUT2D eigenvalue weighted by atomic mass is 16.2. The zero-order chi connectivity index (χ0) is 25.7. The number of carbonyl (C=O) groups excluding carboxylic acids is 3. The van der Waals surface area contributed by atoms with E-state index in [1.54, 1.807) is 72.8 Å². The van der Waals surface area contributed by atoms with Gasteiger partial charge in [0.2, 0.25) is 0 Å². The summed E-state index contributed by atoms with van der Waals surface area (Å²) in [6.45, 7) is 0. The normalized spacial score (nSPS) is 10.4. The smallest absolute Gasteiger partial charge is 0.265 e. The number of nitrogen functional groups attached to an aromatic ring is 3. The van der Waals surface area contributed by atoms with Crippen molar-refractivity contribution in [3.63, 3.8) is 0 Å². The number of rotatable bonds is 6. The highest BCUT2D eigenvalue weighted by Crippen LogP contribution is 2.36. The van der Waals surface area contributed by atoms with Gasteiger partial charge in [0.1, 0.15) is 0 Å². The van der Waals surface area contributed by atoms with Gasteiger partial charge in [-0.25, -0.2) is 17.5 Å². The van der Waals surface area contributed by atoms with E-state index in [0.717, 1.165) is 0 Å². The summed E-state index contributed by atoms with van der Waals surface area (Å²) in [5.74, 6) is 14.9. The third kappa shape index (κ3) is 4.70. The van der Waals surface area contributed by atoms with E-state index in [2.05, 4.69) is 16.3 Å². The fourth-order valence-electron chi connectivity index (χ4n) is 4.13. The zero-order valence-corrected chi connectivity index (χ0v) is 19.1. The predicted molar refractivity (Wildman–Crippen MR) is 138 cm³/mol. The first-order chi connectivity index (χ1) is 17.5. The van der Waals surface area contributed by atoms with Gasteiger partial charge in [0.15, 0.2) is 0 Å². The Hall–Kier alpha value is -4.83. The van der Waals surface area contributed by atoms with Crippen molar-refractivity contribution in [1.29, 1.82) is 0 Å². The van der Waals surface area contributed by atoms with Gasteiger partial charge >= 0.3 is 0 Å². The van der Waals surface area contributed by atoms with E-state index in [1.165, 1.54) is 0 Å². The minimum Gasteiger partial charge on any atom is -0.290 e. The SMILES string of the molecule is NNC(=O)c1ccccc1-c1cc(-c2ccccc2C(=O)NN)cc(-c2ccccc2C(=O)NN)c1. The van der Waals surface area contributed by atoms with Crippen LogP contribution in [-0.4, -0.2) is 17.7 Å². The van der Waals surface area contributed by atoms with E-state index < -0.39 is 17.7 Å². The zero-order valence-electron chi connectivity index (χ0n) is 19.1. The molecule has 4 aromatic rings. The first-order valence-corrected chi connectivity index (χ1v) is 10.9. The molecule has 3 amide bonds. The van der Waals surface area contributed by atoms with Crippen molar-refractivity contribution in [2.75, 3.05) is 0 Å². The van der Waals surface area contributed by atoms with Crippen LogP contribution in [0.1, 0.15) is 31.1 Å². The number of amides is 3. The Morgan fingerprint density at radius 2 is 0.694 bits per heavy atom. The number of hydrogen-bond acceptors (Lipinski definition) is 6. The number of nitrogens with two attached hydrogens (primary N) is 3. The summed E-state index contributed by atoms with van der Waals surface area (Å²) in [6.07, 6.45) is 0. The molecule has 0 aliphatic rings. The quantitative estimate of drug-likeness (QED) is 0.141. The molecule has 0 aliphatic carbocycles. The fourth-order valence-corrected chi connectivity index (χ4v) is 4.13. The lowest BCUT2D eigenvalue weighted by Gasteiger charge is -2.16. The summed E-state index contributed by atoms with van der Waals surface area (Å²) in [4.78, 5) is 37.5. The van der Waals surface area contributed by atoms with Crippen molar-refractivity contribution >= 4 is 17.7 Å². The molecule has 0 aromatic heterocycles. The van der Waals surface area contributed by atoms with E-state index in [1.807, 2.05) is 18.2 Å². The molecule has 0 fully saturated rings. The molecule has 0 saturated heterocycles. The highest BCUT2D eigenvalue weighted by Gasteiger charge is 2.18. The number of hydrogen-bond donors (Lipinski definition) is 6. The maximum absolute atomic E-state index is 12.5.